The number of hydrogen-bond acceptors (Lipinski definition) is 2. The van der Waals surface area contributed by atoms with Gasteiger partial charge in [-0.25, -0.2) is 8.42 Å². The zero-order valence-electron chi connectivity index (χ0n) is 7.06. The summed E-state index contributed by atoms with van der Waals surface area (Å²) in [5.41, 5.74) is 3.32. The van der Waals surface area contributed by atoms with E-state index in [4.69, 9.17) is 0 Å². The first kappa shape index (κ1) is 8.51. The molecule has 0 fully saturated rings. The van der Waals surface area contributed by atoms with Gasteiger partial charge in [-0.3, -0.25) is 0 Å². The number of benzene rings is 1. The molecule has 0 unspecified atom stereocenters. The largest absolute Gasteiger partial charge is 0.232 e. The molecular weight excluding hydrogens is 184 g/mol. The maximum Gasteiger partial charge on any atom is 0.144 e. The Kier molecular flexibility index (Phi) is 2.19. The molecule has 0 spiro atoms. The monoisotopic (exact) mass is 194 g/mol. The van der Waals surface area contributed by atoms with Crippen molar-refractivity contribution >= 4 is 16.8 Å². The standard InChI is InChI=1S/C10H10O2S/c11-13(12)7-8-4-5-9-2-1-3-10(9)6-8/h1,3-6,13H,2,7H2. The van der Waals surface area contributed by atoms with E-state index in [2.05, 4.69) is 6.08 Å². The van der Waals surface area contributed by atoms with Crippen LogP contribution in [0, 0.1) is 0 Å². The molecule has 1 aromatic carbocycles. The molecule has 0 saturated carbocycles. The highest BCUT2D eigenvalue weighted by Gasteiger charge is 2.05. The Labute approximate surface area is 78.9 Å². The molecule has 0 radical (unpaired) electrons. The van der Waals surface area contributed by atoms with Crippen LogP contribution in [0.1, 0.15) is 16.7 Å². The van der Waals surface area contributed by atoms with E-state index >= 15 is 0 Å². The smallest absolute Gasteiger partial charge is 0.144 e. The van der Waals surface area contributed by atoms with E-state index in [1.807, 2.05) is 24.3 Å². The van der Waals surface area contributed by atoms with Crippen molar-refractivity contribution in [3.8, 4) is 0 Å². The molecular formula is C10H10O2S. The lowest BCUT2D eigenvalue weighted by Gasteiger charge is -2.00. The third kappa shape index (κ3) is 1.80. The van der Waals surface area contributed by atoms with Crippen molar-refractivity contribution in [3.63, 3.8) is 0 Å². The van der Waals surface area contributed by atoms with Crippen LogP contribution in [0.5, 0.6) is 0 Å². The SMILES string of the molecule is O=[SH](=O)Cc1ccc2c(c1)C=CC2. The molecule has 2 rings (SSSR count). The molecule has 1 aliphatic rings. The number of hydrogen-bond donors (Lipinski definition) is 1. The van der Waals surface area contributed by atoms with Gasteiger partial charge in [-0.2, -0.15) is 0 Å². The molecule has 0 amide bonds. The predicted octanol–water partition coefficient (Wildman–Crippen LogP) is 1.37. The van der Waals surface area contributed by atoms with Crippen LogP contribution in [0.25, 0.3) is 6.08 Å². The summed E-state index contributed by atoms with van der Waals surface area (Å²) in [4.78, 5) is 0. The first-order valence-electron chi connectivity index (χ1n) is 4.16. The first-order chi connectivity index (χ1) is 6.25. The maximum absolute atomic E-state index is 10.5. The van der Waals surface area contributed by atoms with E-state index in [-0.39, 0.29) is 5.75 Å². The Morgan fingerprint density at radius 2 is 2.15 bits per heavy atom. The fourth-order valence-electron chi connectivity index (χ4n) is 1.55. The van der Waals surface area contributed by atoms with Crippen LogP contribution >= 0.6 is 0 Å². The summed E-state index contributed by atoms with van der Waals surface area (Å²) in [7, 11) is -2.31. The van der Waals surface area contributed by atoms with Gasteiger partial charge in [0.1, 0.15) is 10.7 Å². The van der Waals surface area contributed by atoms with E-state index in [1.54, 1.807) is 0 Å². The maximum atomic E-state index is 10.5. The van der Waals surface area contributed by atoms with Crippen molar-refractivity contribution in [3.05, 3.63) is 41.0 Å². The fourth-order valence-corrected chi connectivity index (χ4v) is 2.04. The highest BCUT2D eigenvalue weighted by atomic mass is 32.2. The minimum atomic E-state index is -2.31. The van der Waals surface area contributed by atoms with Crippen LogP contribution in [-0.4, -0.2) is 8.42 Å². The van der Waals surface area contributed by atoms with Crippen LogP contribution in [0.3, 0.4) is 0 Å². The number of rotatable bonds is 2. The summed E-state index contributed by atoms with van der Waals surface area (Å²) < 4.78 is 21.0. The van der Waals surface area contributed by atoms with Crippen LogP contribution < -0.4 is 0 Å². The number of fused-ring (bicyclic) bond motifs is 1. The molecule has 0 aromatic heterocycles. The second-order valence-corrected chi connectivity index (χ2v) is 4.11. The number of allylic oxidation sites excluding steroid dienone is 1. The zero-order valence-corrected chi connectivity index (χ0v) is 7.96. The van der Waals surface area contributed by atoms with E-state index in [1.165, 1.54) is 5.56 Å². The normalized spacial score (nSPS) is 13.6. The highest BCUT2D eigenvalue weighted by molar-refractivity contribution is 7.71. The van der Waals surface area contributed by atoms with Gasteiger partial charge in [-0.05, 0) is 23.1 Å². The van der Waals surface area contributed by atoms with Gasteiger partial charge in [0.25, 0.3) is 0 Å². The van der Waals surface area contributed by atoms with Crippen LogP contribution in [-0.2, 0) is 22.9 Å². The predicted molar refractivity (Wildman–Crippen MR) is 53.2 cm³/mol. The molecule has 0 bridgehead atoms. The summed E-state index contributed by atoms with van der Waals surface area (Å²) in [6, 6.07) is 5.84. The molecule has 0 heterocycles. The molecule has 0 N–H and O–H groups in total. The Morgan fingerprint density at radius 3 is 2.92 bits per heavy atom. The van der Waals surface area contributed by atoms with E-state index < -0.39 is 10.7 Å². The van der Waals surface area contributed by atoms with Gasteiger partial charge in [0, 0.05) is 0 Å². The Balaban J connectivity index is 2.35. The van der Waals surface area contributed by atoms with E-state index in [0.29, 0.717) is 0 Å². The highest BCUT2D eigenvalue weighted by Crippen LogP contribution is 2.20. The van der Waals surface area contributed by atoms with Gasteiger partial charge in [-0.1, -0.05) is 30.4 Å². The summed E-state index contributed by atoms with van der Waals surface area (Å²) in [6.45, 7) is 0. The molecule has 3 heteroatoms. The van der Waals surface area contributed by atoms with Gasteiger partial charge in [-0.15, -0.1) is 0 Å². The minimum absolute atomic E-state index is 0.149. The molecule has 1 aliphatic carbocycles. The topological polar surface area (TPSA) is 34.1 Å². The fraction of sp³-hybridized carbons (Fsp3) is 0.200. The molecule has 13 heavy (non-hydrogen) atoms. The average molecular weight is 194 g/mol. The molecule has 0 atom stereocenters. The Hall–Kier alpha value is -1.09. The molecule has 68 valence electrons. The lowest BCUT2D eigenvalue weighted by Crippen LogP contribution is -1.89. The summed E-state index contributed by atoms with van der Waals surface area (Å²) >= 11 is 0. The lowest BCUT2D eigenvalue weighted by molar-refractivity contribution is 0.614. The third-order valence-electron chi connectivity index (χ3n) is 2.16. The van der Waals surface area contributed by atoms with Gasteiger partial charge in [0.2, 0.25) is 0 Å². The van der Waals surface area contributed by atoms with E-state index in [9.17, 15) is 8.42 Å². The first-order valence-corrected chi connectivity index (χ1v) is 5.52. The van der Waals surface area contributed by atoms with Crippen molar-refractivity contribution < 1.29 is 8.42 Å². The number of thiol groups is 1. The quantitative estimate of drug-likeness (QED) is 0.721. The van der Waals surface area contributed by atoms with Gasteiger partial charge < -0.3 is 0 Å². The summed E-state index contributed by atoms with van der Waals surface area (Å²) in [6.07, 6.45) is 5.10. The molecule has 0 saturated heterocycles. The lowest BCUT2D eigenvalue weighted by atomic mass is 10.1. The van der Waals surface area contributed by atoms with Crippen molar-refractivity contribution in [2.45, 2.75) is 12.2 Å². The van der Waals surface area contributed by atoms with Crippen molar-refractivity contribution in [2.75, 3.05) is 0 Å². The van der Waals surface area contributed by atoms with Gasteiger partial charge >= 0.3 is 0 Å². The van der Waals surface area contributed by atoms with Gasteiger partial charge in [0.05, 0.1) is 5.75 Å². The molecule has 2 nitrogen and oxygen atoms in total. The van der Waals surface area contributed by atoms with Crippen molar-refractivity contribution in [1.29, 1.82) is 0 Å². The van der Waals surface area contributed by atoms with Gasteiger partial charge in [0.15, 0.2) is 0 Å². The molecule has 0 aliphatic heterocycles. The average Bonchev–Trinajstić information content (AvgIpc) is 2.49. The summed E-state index contributed by atoms with van der Waals surface area (Å²) in [5, 5.41) is 0. The third-order valence-corrected chi connectivity index (χ3v) is 2.78. The summed E-state index contributed by atoms with van der Waals surface area (Å²) in [5.74, 6) is 0.149. The Bertz CT molecular complexity index is 423. The van der Waals surface area contributed by atoms with Crippen molar-refractivity contribution in [1.82, 2.24) is 0 Å². The van der Waals surface area contributed by atoms with Crippen LogP contribution in [0.15, 0.2) is 24.3 Å². The zero-order chi connectivity index (χ0) is 9.26. The van der Waals surface area contributed by atoms with Crippen LogP contribution in [0.4, 0.5) is 0 Å². The second kappa shape index (κ2) is 3.34. The van der Waals surface area contributed by atoms with E-state index in [0.717, 1.165) is 17.5 Å². The molecule has 1 aromatic rings. The second-order valence-electron chi connectivity index (χ2n) is 3.13. The Morgan fingerprint density at radius 1 is 1.31 bits per heavy atom. The van der Waals surface area contributed by atoms with Crippen molar-refractivity contribution in [2.24, 2.45) is 0 Å². The van der Waals surface area contributed by atoms with Crippen LogP contribution in [0.2, 0.25) is 0 Å². The minimum Gasteiger partial charge on any atom is -0.232 e.